The van der Waals surface area contributed by atoms with Crippen LogP contribution < -0.4 is 0 Å². The van der Waals surface area contributed by atoms with Crippen molar-refractivity contribution < 1.29 is 39.8 Å². The maximum Gasteiger partial charge on any atom is 0.286 e. The maximum absolute atomic E-state index is 12.0. The minimum atomic E-state index is -1.32. The van der Waals surface area contributed by atoms with Gasteiger partial charge in [-0.05, 0) is 12.1 Å². The van der Waals surface area contributed by atoms with Crippen LogP contribution in [0.4, 0.5) is 0 Å². The number of hydrogen-bond acceptors (Lipinski definition) is 6. The SMILES string of the molecule is CC(C)(C)[N]=[Os+2]=[O].COC(=O)[C@H]([N-]C(C)(C)C)[C@@H]([N-]C(C)(C)C)C(=O)OC. The largest absolute Gasteiger partial charge is 0.646 e. The first-order valence-electron chi connectivity index (χ1n) is 8.53. The molecule has 0 saturated heterocycles. The molecule has 0 amide bonds. The number of rotatable bonds is 5. The summed E-state index contributed by atoms with van der Waals surface area (Å²) in [7, 11) is 2.53. The predicted octanol–water partition coefficient (Wildman–Crippen LogP) is 3.81. The van der Waals surface area contributed by atoms with Gasteiger partial charge in [-0.1, -0.05) is 41.5 Å². The summed E-state index contributed by atoms with van der Waals surface area (Å²) in [6.07, 6.45) is 0. The Kier molecular flexibility index (Phi) is 12.4. The molecule has 0 aromatic carbocycles. The zero-order chi connectivity index (χ0) is 22.1. The van der Waals surface area contributed by atoms with Crippen LogP contribution in [0.2, 0.25) is 0 Å². The van der Waals surface area contributed by atoms with Gasteiger partial charge in [-0.15, -0.1) is 11.1 Å². The zero-order valence-electron chi connectivity index (χ0n) is 18.4. The fourth-order valence-corrected chi connectivity index (χ4v) is 2.37. The summed E-state index contributed by atoms with van der Waals surface area (Å²) in [6, 6.07) is -2.02. The van der Waals surface area contributed by atoms with Crippen LogP contribution in [0.1, 0.15) is 62.3 Å². The van der Waals surface area contributed by atoms with Crippen molar-refractivity contribution >= 4 is 11.9 Å². The Morgan fingerprint density at radius 2 is 1.07 bits per heavy atom. The van der Waals surface area contributed by atoms with E-state index < -0.39 is 52.3 Å². The molecule has 0 fully saturated rings. The molecule has 0 aliphatic heterocycles. The van der Waals surface area contributed by atoms with Gasteiger partial charge in [-0.3, -0.25) is 9.59 Å². The molecule has 0 aliphatic rings. The number of carbonyl (C=O) groups is 2. The van der Waals surface area contributed by atoms with Gasteiger partial charge in [0.15, 0.2) is 0 Å². The van der Waals surface area contributed by atoms with E-state index in [1.54, 1.807) is 0 Å². The second-order valence-electron chi connectivity index (χ2n) is 8.85. The van der Waals surface area contributed by atoms with Crippen LogP contribution in [0.5, 0.6) is 0 Å². The van der Waals surface area contributed by atoms with Crippen LogP contribution in [-0.4, -0.2) is 54.9 Å². The average Bonchev–Trinajstić information content (AvgIpc) is 2.46. The van der Waals surface area contributed by atoms with E-state index in [1.807, 2.05) is 62.3 Å². The molecule has 0 rings (SSSR count). The number of hydrogen-bond donors (Lipinski definition) is 0. The molecule has 0 saturated carbocycles. The van der Waals surface area contributed by atoms with E-state index in [0.717, 1.165) is 0 Å². The molecule has 27 heavy (non-hydrogen) atoms. The fraction of sp³-hybridized carbons (Fsp3) is 0.889. The number of methoxy groups -OCH3 is 2. The van der Waals surface area contributed by atoms with Crippen molar-refractivity contribution in [2.45, 2.75) is 91.0 Å². The Labute approximate surface area is 171 Å². The molecular weight excluding hydrogens is 528 g/mol. The third-order valence-corrected chi connectivity index (χ3v) is 4.44. The number of esters is 2. The van der Waals surface area contributed by atoms with E-state index >= 15 is 0 Å². The van der Waals surface area contributed by atoms with Crippen LogP contribution in [0, 0.1) is 0 Å². The van der Waals surface area contributed by atoms with Gasteiger partial charge in [0.05, 0.1) is 14.2 Å². The van der Waals surface area contributed by atoms with E-state index in [0.29, 0.717) is 0 Å². The Morgan fingerprint density at radius 3 is 1.19 bits per heavy atom. The summed E-state index contributed by atoms with van der Waals surface area (Å²) in [4.78, 5) is 23.9. The molecule has 9 heteroatoms. The Hall–Kier alpha value is -0.904. The van der Waals surface area contributed by atoms with E-state index in [4.69, 9.17) is 9.47 Å². The van der Waals surface area contributed by atoms with Gasteiger partial charge in [0.1, 0.15) is 0 Å². The van der Waals surface area contributed by atoms with Gasteiger partial charge >= 0.3 is 50.7 Å². The molecule has 0 unspecified atom stereocenters. The third kappa shape index (κ3) is 15.8. The topological polar surface area (TPSA) is 110 Å². The molecule has 8 nitrogen and oxygen atoms in total. The van der Waals surface area contributed by atoms with Crippen molar-refractivity contribution in [3.63, 3.8) is 0 Å². The molecule has 0 radical (unpaired) electrons. The van der Waals surface area contributed by atoms with Gasteiger partial charge in [-0.2, -0.15) is 0 Å². The van der Waals surface area contributed by atoms with Crippen LogP contribution in [0.3, 0.4) is 0 Å². The first kappa shape index (κ1) is 28.3. The van der Waals surface area contributed by atoms with Gasteiger partial charge < -0.3 is 20.1 Å². The Balaban J connectivity index is 0. The molecule has 0 spiro atoms. The Bertz CT molecular complexity index is 493. The molecule has 2 atom stereocenters. The minimum Gasteiger partial charge on any atom is -0.646 e. The molecular formula is C18H35N3O5Os. The third-order valence-electron chi connectivity index (χ3n) is 2.51. The van der Waals surface area contributed by atoms with Gasteiger partial charge in [0.2, 0.25) is 0 Å². The van der Waals surface area contributed by atoms with Crippen molar-refractivity contribution in [1.29, 1.82) is 0 Å². The molecule has 0 bridgehead atoms. The second-order valence-corrected chi connectivity index (χ2v) is 9.88. The monoisotopic (exact) mass is 565 g/mol. The minimum absolute atomic E-state index is 0.0754. The molecule has 0 heterocycles. The summed E-state index contributed by atoms with van der Waals surface area (Å²) in [6.45, 7) is 16.9. The van der Waals surface area contributed by atoms with E-state index in [9.17, 15) is 13.1 Å². The predicted molar refractivity (Wildman–Crippen MR) is 101 cm³/mol. The van der Waals surface area contributed by atoms with Crippen LogP contribution in [0.25, 0.3) is 10.6 Å². The molecule has 0 N–H and O–H groups in total. The van der Waals surface area contributed by atoms with Crippen molar-refractivity contribution in [2.75, 3.05) is 14.2 Å². The summed E-state index contributed by atoms with van der Waals surface area (Å²) in [5.74, 6) is -1.19. The molecule has 160 valence electrons. The van der Waals surface area contributed by atoms with E-state index in [1.165, 1.54) is 14.2 Å². The standard InChI is InChI=1S/C14H26N2O4.C4H9N.O.Os/c1-13(2,3)15-9(11(17)19-7)10(12(18)20-8)16-14(4,5)6;1-4(2,3)5;;/h9-10H,1-8H3;1-3H3;;/q-2;;;+2/t9-,10-;;;/m1.../s1. The summed E-state index contributed by atoms with van der Waals surface area (Å²) in [5, 5.41) is 8.73. The van der Waals surface area contributed by atoms with E-state index in [-0.39, 0.29) is 5.54 Å². The summed E-state index contributed by atoms with van der Waals surface area (Å²) in [5.41, 5.74) is -1.08. The second kappa shape index (κ2) is 11.8. The van der Waals surface area contributed by atoms with Crippen LogP contribution >= 0.6 is 0 Å². The van der Waals surface area contributed by atoms with Crippen molar-refractivity contribution in [3.05, 3.63) is 10.6 Å². The van der Waals surface area contributed by atoms with Gasteiger partial charge in [0, 0.05) is 0 Å². The first-order valence-corrected chi connectivity index (χ1v) is 10.7. The molecule has 0 aromatic rings. The van der Waals surface area contributed by atoms with Crippen LogP contribution in [-0.2, 0) is 39.8 Å². The maximum atomic E-state index is 12.0. The molecule has 0 aromatic heterocycles. The fourth-order valence-electron chi connectivity index (χ4n) is 1.68. The Morgan fingerprint density at radius 1 is 0.778 bits per heavy atom. The van der Waals surface area contributed by atoms with Crippen molar-refractivity contribution in [2.24, 2.45) is 3.65 Å². The number of ether oxygens (including phenoxy) is 2. The van der Waals surface area contributed by atoms with E-state index in [2.05, 4.69) is 14.3 Å². The first-order chi connectivity index (χ1) is 12.0. The van der Waals surface area contributed by atoms with Gasteiger partial charge in [-0.25, -0.2) is 0 Å². The quantitative estimate of drug-likeness (QED) is 0.473. The van der Waals surface area contributed by atoms with Crippen molar-refractivity contribution in [1.82, 2.24) is 0 Å². The van der Waals surface area contributed by atoms with Gasteiger partial charge in [0.25, 0.3) is 11.9 Å². The smallest absolute Gasteiger partial charge is 0.286 e. The molecule has 0 aliphatic carbocycles. The normalized spacial score (nSPS) is 14.2. The summed E-state index contributed by atoms with van der Waals surface area (Å²) >= 11 is -1.32. The number of nitrogens with zero attached hydrogens (tertiary/aromatic N) is 3. The average molecular weight is 564 g/mol. The zero-order valence-corrected chi connectivity index (χ0v) is 20.9. The van der Waals surface area contributed by atoms with Crippen molar-refractivity contribution in [3.8, 4) is 0 Å². The summed E-state index contributed by atoms with van der Waals surface area (Å²) < 4.78 is 23.3. The number of carbonyl (C=O) groups excluding carboxylic acids is 2. The van der Waals surface area contributed by atoms with Crippen LogP contribution in [0.15, 0.2) is 3.65 Å².